The summed E-state index contributed by atoms with van der Waals surface area (Å²) in [4.78, 5) is 5.58. The fraction of sp³-hybridized carbons (Fsp3) is 0.273. The first-order valence-electron chi connectivity index (χ1n) is 5.45. The van der Waals surface area contributed by atoms with E-state index in [1.807, 2.05) is 35.6 Å². The molecule has 0 amide bonds. The fourth-order valence-electron chi connectivity index (χ4n) is 1.90. The van der Waals surface area contributed by atoms with Gasteiger partial charge in [-0.2, -0.15) is 10.1 Å². The van der Waals surface area contributed by atoms with Gasteiger partial charge in [0.15, 0.2) is 10.8 Å². The summed E-state index contributed by atoms with van der Waals surface area (Å²) in [7, 11) is 0. The summed E-state index contributed by atoms with van der Waals surface area (Å²) < 4.78 is 3.91. The van der Waals surface area contributed by atoms with Crippen molar-refractivity contribution in [2.45, 2.75) is 13.3 Å². The van der Waals surface area contributed by atoms with Crippen LogP contribution in [0.15, 0.2) is 24.0 Å². The molecule has 88 valence electrons. The lowest BCUT2D eigenvalue weighted by atomic mass is 10.3. The SMILES string of the molecule is Cc1cnn(-c2nc3sccn3c2CCN)c1. The molecule has 3 aromatic rings. The quantitative estimate of drug-likeness (QED) is 0.761. The number of thiazole rings is 1. The van der Waals surface area contributed by atoms with Crippen LogP contribution in [0.2, 0.25) is 0 Å². The Balaban J connectivity index is 2.20. The zero-order valence-corrected chi connectivity index (χ0v) is 10.3. The molecule has 3 aromatic heterocycles. The smallest absolute Gasteiger partial charge is 0.195 e. The van der Waals surface area contributed by atoms with E-state index >= 15 is 0 Å². The van der Waals surface area contributed by atoms with Crippen LogP contribution in [-0.4, -0.2) is 25.7 Å². The summed E-state index contributed by atoms with van der Waals surface area (Å²) in [5.74, 6) is 0.885. The highest BCUT2D eigenvalue weighted by atomic mass is 32.1. The predicted octanol–water partition coefficient (Wildman–Crippen LogP) is 1.39. The molecule has 0 saturated heterocycles. The average Bonchev–Trinajstić information content (AvgIpc) is 2.95. The first-order valence-corrected chi connectivity index (χ1v) is 6.33. The van der Waals surface area contributed by atoms with Crippen LogP contribution in [0.4, 0.5) is 0 Å². The molecule has 0 aliphatic carbocycles. The zero-order valence-electron chi connectivity index (χ0n) is 9.50. The molecule has 0 aliphatic rings. The minimum absolute atomic E-state index is 0.608. The summed E-state index contributed by atoms with van der Waals surface area (Å²) in [5, 5.41) is 6.34. The van der Waals surface area contributed by atoms with Crippen molar-refractivity contribution in [3.63, 3.8) is 0 Å². The number of hydrogen-bond donors (Lipinski definition) is 1. The standard InChI is InChI=1S/C11H13N5S/c1-8-6-13-16(7-8)10-9(2-3-12)15-4-5-17-11(15)14-10/h4-7H,2-3,12H2,1H3. The van der Waals surface area contributed by atoms with Gasteiger partial charge in [0.1, 0.15) is 0 Å². The average molecular weight is 247 g/mol. The lowest BCUT2D eigenvalue weighted by molar-refractivity contribution is 0.816. The van der Waals surface area contributed by atoms with E-state index in [-0.39, 0.29) is 0 Å². The van der Waals surface area contributed by atoms with Crippen LogP contribution in [-0.2, 0) is 6.42 Å². The van der Waals surface area contributed by atoms with E-state index in [1.54, 1.807) is 11.3 Å². The summed E-state index contributed by atoms with van der Waals surface area (Å²) in [6.07, 6.45) is 6.64. The van der Waals surface area contributed by atoms with Crippen molar-refractivity contribution in [2.75, 3.05) is 6.54 Å². The molecule has 3 heterocycles. The van der Waals surface area contributed by atoms with E-state index in [1.165, 1.54) is 0 Å². The first-order chi connectivity index (χ1) is 8.29. The van der Waals surface area contributed by atoms with E-state index in [0.29, 0.717) is 6.54 Å². The Hall–Kier alpha value is -1.66. The van der Waals surface area contributed by atoms with Gasteiger partial charge >= 0.3 is 0 Å². The van der Waals surface area contributed by atoms with Gasteiger partial charge in [-0.1, -0.05) is 0 Å². The summed E-state index contributed by atoms with van der Waals surface area (Å²) in [5.41, 5.74) is 7.91. The second-order valence-corrected chi connectivity index (χ2v) is 4.81. The maximum atomic E-state index is 5.66. The number of nitrogens with two attached hydrogens (primary N) is 1. The van der Waals surface area contributed by atoms with Gasteiger partial charge < -0.3 is 5.73 Å². The number of nitrogens with zero attached hydrogens (tertiary/aromatic N) is 4. The van der Waals surface area contributed by atoms with Gasteiger partial charge in [0.05, 0.1) is 11.9 Å². The minimum Gasteiger partial charge on any atom is -0.330 e. The first kappa shape index (κ1) is 10.5. The number of hydrogen-bond acceptors (Lipinski definition) is 4. The van der Waals surface area contributed by atoms with Gasteiger partial charge in [0.2, 0.25) is 0 Å². The molecule has 3 rings (SSSR count). The monoisotopic (exact) mass is 247 g/mol. The normalized spacial score (nSPS) is 11.4. The van der Waals surface area contributed by atoms with Gasteiger partial charge in [-0.15, -0.1) is 11.3 Å². The van der Waals surface area contributed by atoms with Crippen LogP contribution in [0.1, 0.15) is 11.3 Å². The van der Waals surface area contributed by atoms with Crippen LogP contribution in [0.5, 0.6) is 0 Å². The second-order valence-electron chi connectivity index (χ2n) is 3.94. The maximum absolute atomic E-state index is 5.66. The lowest BCUT2D eigenvalue weighted by Crippen LogP contribution is -2.08. The molecule has 0 aliphatic heterocycles. The van der Waals surface area contributed by atoms with Crippen molar-refractivity contribution in [1.82, 2.24) is 19.2 Å². The van der Waals surface area contributed by atoms with E-state index in [2.05, 4.69) is 14.5 Å². The van der Waals surface area contributed by atoms with Crippen LogP contribution in [0, 0.1) is 6.92 Å². The molecule has 0 fully saturated rings. The molecular formula is C11H13N5S. The van der Waals surface area contributed by atoms with Crippen molar-refractivity contribution >= 4 is 16.3 Å². The maximum Gasteiger partial charge on any atom is 0.195 e. The molecule has 0 unspecified atom stereocenters. The zero-order chi connectivity index (χ0) is 11.8. The highest BCUT2D eigenvalue weighted by molar-refractivity contribution is 7.15. The van der Waals surface area contributed by atoms with Gasteiger partial charge in [-0.25, -0.2) is 4.68 Å². The third-order valence-corrected chi connectivity index (χ3v) is 3.41. The molecule has 17 heavy (non-hydrogen) atoms. The summed E-state index contributed by atoms with van der Waals surface area (Å²) >= 11 is 1.62. The minimum atomic E-state index is 0.608. The van der Waals surface area contributed by atoms with Crippen molar-refractivity contribution in [2.24, 2.45) is 5.73 Å². The second kappa shape index (κ2) is 3.97. The number of rotatable bonds is 3. The van der Waals surface area contributed by atoms with Crippen LogP contribution in [0.3, 0.4) is 0 Å². The lowest BCUT2D eigenvalue weighted by Gasteiger charge is -2.01. The van der Waals surface area contributed by atoms with Crippen LogP contribution < -0.4 is 5.73 Å². The molecule has 5 nitrogen and oxygen atoms in total. The van der Waals surface area contributed by atoms with Crippen molar-refractivity contribution in [1.29, 1.82) is 0 Å². The van der Waals surface area contributed by atoms with Gasteiger partial charge in [-0.3, -0.25) is 4.40 Å². The largest absolute Gasteiger partial charge is 0.330 e. The van der Waals surface area contributed by atoms with Crippen LogP contribution >= 0.6 is 11.3 Å². The fourth-order valence-corrected chi connectivity index (χ4v) is 2.63. The Morgan fingerprint density at radius 1 is 1.47 bits per heavy atom. The molecule has 0 spiro atoms. The Kier molecular flexibility index (Phi) is 2.45. The van der Waals surface area contributed by atoms with Crippen molar-refractivity contribution < 1.29 is 0 Å². The molecule has 0 aromatic carbocycles. The molecule has 6 heteroatoms. The van der Waals surface area contributed by atoms with Gasteiger partial charge in [0, 0.05) is 24.2 Å². The Bertz CT molecular complexity index is 648. The van der Waals surface area contributed by atoms with E-state index < -0.39 is 0 Å². The Morgan fingerprint density at radius 2 is 2.35 bits per heavy atom. The molecular weight excluding hydrogens is 234 g/mol. The van der Waals surface area contributed by atoms with Crippen molar-refractivity contribution in [3.05, 3.63) is 35.2 Å². The van der Waals surface area contributed by atoms with Crippen molar-refractivity contribution in [3.8, 4) is 5.82 Å². The van der Waals surface area contributed by atoms with Gasteiger partial charge in [-0.05, 0) is 19.0 Å². The number of imidazole rings is 1. The molecule has 0 bridgehead atoms. The van der Waals surface area contributed by atoms with E-state index in [0.717, 1.165) is 28.5 Å². The van der Waals surface area contributed by atoms with Crippen LogP contribution in [0.25, 0.3) is 10.8 Å². The topological polar surface area (TPSA) is 61.1 Å². The highest BCUT2D eigenvalue weighted by Crippen LogP contribution is 2.20. The molecule has 0 saturated carbocycles. The highest BCUT2D eigenvalue weighted by Gasteiger charge is 2.14. The molecule has 0 radical (unpaired) electrons. The number of aryl methyl sites for hydroxylation is 1. The summed E-state index contributed by atoms with van der Waals surface area (Å²) in [6.45, 7) is 2.63. The van der Waals surface area contributed by atoms with Gasteiger partial charge in [0.25, 0.3) is 0 Å². The third-order valence-electron chi connectivity index (χ3n) is 2.65. The number of aromatic nitrogens is 4. The third kappa shape index (κ3) is 1.65. The molecule has 0 atom stereocenters. The Morgan fingerprint density at radius 3 is 3.06 bits per heavy atom. The van der Waals surface area contributed by atoms with E-state index in [9.17, 15) is 0 Å². The summed E-state index contributed by atoms with van der Waals surface area (Å²) in [6, 6.07) is 0. The predicted molar refractivity (Wildman–Crippen MR) is 67.7 cm³/mol. The molecule has 2 N–H and O–H groups in total. The Labute approximate surface area is 103 Å². The van der Waals surface area contributed by atoms with E-state index in [4.69, 9.17) is 5.73 Å². The number of fused-ring (bicyclic) bond motifs is 1.